The van der Waals surface area contributed by atoms with Gasteiger partial charge in [-0.2, -0.15) is 0 Å². The minimum Gasteiger partial charge on any atom is -0.485 e. The van der Waals surface area contributed by atoms with Crippen LogP contribution in [0.2, 0.25) is 0 Å². The van der Waals surface area contributed by atoms with E-state index in [-0.39, 0.29) is 6.42 Å². The molecule has 0 aliphatic carbocycles. The number of nitrogens with zero attached hydrogens (tertiary/aromatic N) is 1. The Morgan fingerprint density at radius 3 is 2.83 bits per heavy atom. The number of rotatable bonds is 6. The van der Waals surface area contributed by atoms with E-state index in [0.29, 0.717) is 0 Å². The highest BCUT2D eigenvalue weighted by atomic mass is 79.9. The van der Waals surface area contributed by atoms with Crippen LogP contribution in [0.15, 0.2) is 34.7 Å². The van der Waals surface area contributed by atoms with Gasteiger partial charge in [0.15, 0.2) is 5.01 Å². The lowest BCUT2D eigenvalue weighted by molar-refractivity contribution is -0.0564. The summed E-state index contributed by atoms with van der Waals surface area (Å²) in [6.07, 6.45) is -0.565. The number of halogens is 1. The van der Waals surface area contributed by atoms with Crippen LogP contribution in [-0.2, 0) is 18.6 Å². The lowest BCUT2D eigenvalue weighted by atomic mass is 10.2. The number of nitrogens with one attached hydrogen (secondary N) is 1. The summed E-state index contributed by atoms with van der Waals surface area (Å²) in [5, 5.41) is -0.806. The van der Waals surface area contributed by atoms with Gasteiger partial charge in [0.25, 0.3) is 5.56 Å². The molecule has 1 fully saturated rings. The predicted molar refractivity (Wildman–Crippen MR) is 80.8 cm³/mol. The maximum absolute atomic E-state index is 11.8. The van der Waals surface area contributed by atoms with E-state index in [0.717, 1.165) is 16.9 Å². The van der Waals surface area contributed by atoms with Crippen LogP contribution in [0.3, 0.4) is 0 Å². The van der Waals surface area contributed by atoms with Crippen molar-refractivity contribution in [3.8, 4) is 0 Å². The maximum Gasteiger partial charge on any atom is 0.469 e. The highest BCUT2D eigenvalue weighted by Crippen LogP contribution is 2.44. The van der Waals surface area contributed by atoms with Gasteiger partial charge in [-0.1, -0.05) is 6.58 Å². The lowest BCUT2D eigenvalue weighted by Gasteiger charge is -2.23. The van der Waals surface area contributed by atoms with Crippen molar-refractivity contribution in [1.82, 2.24) is 9.55 Å². The van der Waals surface area contributed by atoms with Crippen LogP contribution < -0.4 is 11.2 Å². The highest BCUT2D eigenvalue weighted by Gasteiger charge is 2.44. The number of ether oxygens (including phenoxy) is 2. The molecule has 4 atom stereocenters. The summed E-state index contributed by atoms with van der Waals surface area (Å²) in [5.41, 5.74) is -1.29. The third kappa shape index (κ3) is 4.63. The number of aromatic nitrogens is 2. The molecule has 0 bridgehead atoms. The first kappa shape index (κ1) is 18.1. The van der Waals surface area contributed by atoms with Crippen molar-refractivity contribution in [2.24, 2.45) is 0 Å². The van der Waals surface area contributed by atoms with E-state index < -0.39 is 42.5 Å². The molecule has 0 radical (unpaired) electrons. The predicted octanol–water partition coefficient (Wildman–Crippen LogP) is 0.183. The number of hydrogen-bond donors (Lipinski definition) is 3. The Balaban J connectivity index is 2.27. The first-order chi connectivity index (χ1) is 10.7. The summed E-state index contributed by atoms with van der Waals surface area (Å²) < 4.78 is 27.6. The van der Waals surface area contributed by atoms with Gasteiger partial charge in [0, 0.05) is 18.7 Å². The molecule has 10 nitrogen and oxygen atoms in total. The second-order valence-electron chi connectivity index (χ2n) is 4.60. The zero-order valence-corrected chi connectivity index (χ0v) is 14.1. The Morgan fingerprint density at radius 1 is 1.57 bits per heavy atom. The fourth-order valence-corrected chi connectivity index (χ4v) is 3.35. The zero-order valence-electron chi connectivity index (χ0n) is 11.6. The van der Waals surface area contributed by atoms with Gasteiger partial charge in [0.2, 0.25) is 0 Å². The van der Waals surface area contributed by atoms with Crippen molar-refractivity contribution in [1.29, 1.82) is 0 Å². The molecule has 12 heteroatoms. The van der Waals surface area contributed by atoms with Crippen molar-refractivity contribution in [3.05, 3.63) is 45.9 Å². The molecule has 2 rings (SSSR count). The Hall–Kier alpha value is -1.23. The fraction of sp³-hybridized carbons (Fsp3) is 0.455. The molecule has 23 heavy (non-hydrogen) atoms. The van der Waals surface area contributed by atoms with Gasteiger partial charge < -0.3 is 19.3 Å². The van der Waals surface area contributed by atoms with Crippen LogP contribution in [0, 0.1) is 0 Å². The van der Waals surface area contributed by atoms with E-state index >= 15 is 0 Å². The molecule has 1 unspecified atom stereocenters. The highest BCUT2D eigenvalue weighted by molar-refractivity contribution is 9.09. The molecule has 2 heterocycles. The second kappa shape index (κ2) is 7.12. The van der Waals surface area contributed by atoms with Crippen molar-refractivity contribution < 1.29 is 28.3 Å². The minimum absolute atomic E-state index is 0.0374. The molecule has 0 spiro atoms. The van der Waals surface area contributed by atoms with E-state index in [1.54, 1.807) is 0 Å². The summed E-state index contributed by atoms with van der Waals surface area (Å²) in [4.78, 5) is 42.9. The largest absolute Gasteiger partial charge is 0.485 e. The molecule has 3 N–H and O–H groups in total. The average Bonchev–Trinajstić information content (AvgIpc) is 2.80. The monoisotopic (exact) mass is 412 g/mol. The molecule has 128 valence electrons. The van der Waals surface area contributed by atoms with Crippen LogP contribution in [0.4, 0.5) is 0 Å². The fourth-order valence-electron chi connectivity index (χ4n) is 2.17. The molecule has 1 aliphatic heterocycles. The number of hydrogen-bond acceptors (Lipinski definition) is 6. The Bertz CT molecular complexity index is 727. The van der Waals surface area contributed by atoms with Gasteiger partial charge in [-0.3, -0.25) is 18.9 Å². The van der Waals surface area contributed by atoms with Gasteiger partial charge >= 0.3 is 13.5 Å². The summed E-state index contributed by atoms with van der Waals surface area (Å²) >= 11 is 3.15. The minimum atomic E-state index is -4.78. The van der Waals surface area contributed by atoms with E-state index in [1.165, 1.54) is 6.20 Å². The Morgan fingerprint density at radius 2 is 2.26 bits per heavy atom. The van der Waals surface area contributed by atoms with Crippen molar-refractivity contribution in [2.75, 3.05) is 0 Å². The van der Waals surface area contributed by atoms with Crippen LogP contribution >= 0.6 is 23.8 Å². The van der Waals surface area contributed by atoms with Crippen molar-refractivity contribution >= 4 is 23.8 Å². The van der Waals surface area contributed by atoms with Crippen LogP contribution in [0.1, 0.15) is 12.6 Å². The standard InChI is InChI=1S/C11H14BrN2O8P/c1-2-20-10(12)9-6(22-23(17,18)19)5-8(21-9)14-4-3-7(15)13-11(14)16/h2-4,6,8-10H,1,5H2,(H,13,15,16)(H2,17,18,19)/t6-,8+,9-,10?/m0/s1. The van der Waals surface area contributed by atoms with Gasteiger partial charge in [-0.05, 0) is 15.9 Å². The molecular formula is C11H14BrN2O8P. The van der Waals surface area contributed by atoms with Gasteiger partial charge in [0.05, 0.1) is 6.26 Å². The summed E-state index contributed by atoms with van der Waals surface area (Å²) in [6, 6.07) is 1.13. The second-order valence-corrected chi connectivity index (χ2v) is 6.69. The third-order valence-corrected chi connectivity index (χ3v) is 4.32. The molecule has 1 saturated heterocycles. The van der Waals surface area contributed by atoms with Gasteiger partial charge in [-0.15, -0.1) is 0 Å². The third-order valence-electron chi connectivity index (χ3n) is 3.03. The average molecular weight is 413 g/mol. The van der Waals surface area contributed by atoms with Crippen molar-refractivity contribution in [2.45, 2.75) is 29.9 Å². The number of alkyl halides is 1. The molecule has 1 aromatic heterocycles. The summed E-state index contributed by atoms with van der Waals surface area (Å²) in [6.45, 7) is 3.38. The Labute approximate surface area is 138 Å². The molecule has 1 aromatic rings. The van der Waals surface area contributed by atoms with E-state index in [4.69, 9.17) is 23.8 Å². The maximum atomic E-state index is 11.8. The lowest BCUT2D eigenvalue weighted by Crippen LogP contribution is -2.33. The smallest absolute Gasteiger partial charge is 0.469 e. The molecular weight excluding hydrogens is 399 g/mol. The number of phosphoric ester groups is 1. The molecule has 0 aromatic carbocycles. The zero-order chi connectivity index (χ0) is 17.2. The first-order valence-electron chi connectivity index (χ1n) is 6.32. The molecule has 0 saturated carbocycles. The number of aromatic amines is 1. The normalized spacial score (nSPS) is 26.0. The summed E-state index contributed by atoms with van der Waals surface area (Å²) in [7, 11) is -4.78. The van der Waals surface area contributed by atoms with Crippen LogP contribution in [0.25, 0.3) is 0 Å². The summed E-state index contributed by atoms with van der Waals surface area (Å²) in [5.74, 6) is 0. The van der Waals surface area contributed by atoms with Gasteiger partial charge in [0.1, 0.15) is 18.4 Å². The van der Waals surface area contributed by atoms with Crippen molar-refractivity contribution in [3.63, 3.8) is 0 Å². The first-order valence-corrected chi connectivity index (χ1v) is 8.77. The van der Waals surface area contributed by atoms with Crippen LogP contribution in [-0.4, -0.2) is 36.6 Å². The van der Waals surface area contributed by atoms with E-state index in [1.807, 2.05) is 0 Å². The van der Waals surface area contributed by atoms with Crippen LogP contribution in [0.5, 0.6) is 0 Å². The van der Waals surface area contributed by atoms with E-state index in [9.17, 15) is 14.2 Å². The Kier molecular flexibility index (Phi) is 5.61. The number of phosphoric acid groups is 1. The number of H-pyrrole nitrogens is 1. The topological polar surface area (TPSA) is 140 Å². The SMILES string of the molecule is C=COC(Br)[C@H]1O[C@@H](n2ccc(=O)[nH]c2=O)C[C@@H]1OP(=O)(O)O. The molecule has 0 amide bonds. The quantitative estimate of drug-likeness (QED) is 0.341. The van der Waals surface area contributed by atoms with E-state index in [2.05, 4.69) is 27.5 Å². The molecule has 1 aliphatic rings. The van der Waals surface area contributed by atoms with Gasteiger partial charge in [-0.25, -0.2) is 9.36 Å².